The van der Waals surface area contributed by atoms with Gasteiger partial charge < -0.3 is 9.15 Å². The Hall–Kier alpha value is -3.57. The zero-order valence-corrected chi connectivity index (χ0v) is 18.6. The largest absolute Gasteiger partial charge is 0.497 e. The lowest BCUT2D eigenvalue weighted by Crippen LogP contribution is -2.29. The molecule has 1 aromatic heterocycles. The number of ether oxygens (including phenoxy) is 1. The number of rotatable bonds is 3. The molecule has 0 N–H and O–H groups in total. The van der Waals surface area contributed by atoms with Gasteiger partial charge in [0.15, 0.2) is 5.43 Å². The molecule has 5 rings (SSSR count). The highest BCUT2D eigenvalue weighted by Gasteiger charge is 2.43. The number of carbonyl (C=O) groups excluding carboxylic acids is 1. The number of carbonyl (C=O) groups is 1. The molecule has 0 aliphatic carbocycles. The van der Waals surface area contributed by atoms with E-state index >= 15 is 0 Å². The summed E-state index contributed by atoms with van der Waals surface area (Å²) in [7, 11) is 1.58. The first kappa shape index (κ1) is 20.3. The highest BCUT2D eigenvalue weighted by Crippen LogP contribution is 2.42. The van der Waals surface area contributed by atoms with Gasteiger partial charge in [0.2, 0.25) is 5.76 Å². The Morgan fingerprint density at radius 3 is 2.25 bits per heavy atom. The summed E-state index contributed by atoms with van der Waals surface area (Å²) in [6.07, 6.45) is 0. The fourth-order valence-corrected chi connectivity index (χ4v) is 4.32. The van der Waals surface area contributed by atoms with Gasteiger partial charge in [-0.05, 0) is 79.1 Å². The van der Waals surface area contributed by atoms with Crippen molar-refractivity contribution in [2.45, 2.75) is 19.9 Å². The summed E-state index contributed by atoms with van der Waals surface area (Å²) < 4.78 is 11.3. The van der Waals surface area contributed by atoms with Crippen LogP contribution in [0.4, 0.5) is 5.69 Å². The van der Waals surface area contributed by atoms with Crippen LogP contribution >= 0.6 is 11.6 Å². The summed E-state index contributed by atoms with van der Waals surface area (Å²) in [6, 6.07) is 17.3. The molecule has 2 heterocycles. The van der Waals surface area contributed by atoms with Crippen LogP contribution in [-0.4, -0.2) is 13.0 Å². The molecule has 3 aromatic carbocycles. The van der Waals surface area contributed by atoms with Crippen LogP contribution in [0.2, 0.25) is 5.02 Å². The van der Waals surface area contributed by atoms with Crippen molar-refractivity contribution < 1.29 is 13.9 Å². The van der Waals surface area contributed by atoms with Crippen LogP contribution in [0.1, 0.15) is 38.9 Å². The van der Waals surface area contributed by atoms with E-state index in [0.29, 0.717) is 33.0 Å². The summed E-state index contributed by atoms with van der Waals surface area (Å²) in [5.41, 5.74) is 3.94. The third-order valence-electron chi connectivity index (χ3n) is 6.02. The summed E-state index contributed by atoms with van der Waals surface area (Å²) in [4.78, 5) is 28.9. The first-order chi connectivity index (χ1) is 15.4. The van der Waals surface area contributed by atoms with Gasteiger partial charge in [-0.2, -0.15) is 0 Å². The number of hydrogen-bond donors (Lipinski definition) is 0. The van der Waals surface area contributed by atoms with Gasteiger partial charge in [0.1, 0.15) is 11.3 Å². The predicted molar refractivity (Wildman–Crippen MR) is 125 cm³/mol. The average Bonchev–Trinajstić information content (AvgIpc) is 3.08. The summed E-state index contributed by atoms with van der Waals surface area (Å²) in [5, 5.41) is 1.04. The van der Waals surface area contributed by atoms with E-state index in [-0.39, 0.29) is 17.1 Å². The van der Waals surface area contributed by atoms with E-state index in [1.54, 1.807) is 48.4 Å². The van der Waals surface area contributed by atoms with Crippen LogP contribution in [0.5, 0.6) is 5.75 Å². The number of amides is 1. The Morgan fingerprint density at radius 2 is 1.59 bits per heavy atom. The SMILES string of the molecule is COc1ccc(N2C(=O)c3oc4cc(C)c(C)cc4c(=O)c3C2c2ccc(Cl)cc2)cc1. The molecule has 0 saturated carbocycles. The smallest absolute Gasteiger partial charge is 0.295 e. The minimum absolute atomic E-state index is 0.0709. The standard InChI is InChI=1S/C26H20ClNO4/c1-14-12-20-21(13-15(14)2)32-25-22(24(20)29)23(16-4-6-17(27)7-5-16)28(26(25)30)18-8-10-19(31-3)11-9-18/h4-13,23H,1-3H3. The molecule has 32 heavy (non-hydrogen) atoms. The molecule has 0 spiro atoms. The van der Waals surface area contributed by atoms with E-state index in [9.17, 15) is 9.59 Å². The summed E-state index contributed by atoms with van der Waals surface area (Å²) >= 11 is 6.10. The minimum atomic E-state index is -0.634. The average molecular weight is 446 g/mol. The monoisotopic (exact) mass is 445 g/mol. The van der Waals surface area contributed by atoms with Crippen molar-refractivity contribution in [3.8, 4) is 5.75 Å². The number of methoxy groups -OCH3 is 1. The summed E-state index contributed by atoms with van der Waals surface area (Å²) in [5.74, 6) is 0.385. The second kappa shape index (κ2) is 7.53. The van der Waals surface area contributed by atoms with Crippen LogP contribution in [0.25, 0.3) is 11.0 Å². The molecule has 1 aliphatic heterocycles. The maximum absolute atomic E-state index is 13.7. The first-order valence-corrected chi connectivity index (χ1v) is 10.6. The molecule has 6 heteroatoms. The van der Waals surface area contributed by atoms with Gasteiger partial charge in [-0.3, -0.25) is 14.5 Å². The second-order valence-electron chi connectivity index (χ2n) is 7.93. The number of nitrogens with zero attached hydrogens (tertiary/aromatic N) is 1. The van der Waals surface area contributed by atoms with Crippen molar-refractivity contribution in [1.29, 1.82) is 0 Å². The van der Waals surface area contributed by atoms with Crippen molar-refractivity contribution in [2.75, 3.05) is 12.0 Å². The maximum Gasteiger partial charge on any atom is 0.295 e. The third-order valence-corrected chi connectivity index (χ3v) is 6.27. The normalized spacial score (nSPS) is 15.3. The molecule has 0 bridgehead atoms. The number of benzene rings is 3. The predicted octanol–water partition coefficient (Wildman–Crippen LogP) is 5.82. The lowest BCUT2D eigenvalue weighted by Gasteiger charge is -2.25. The van der Waals surface area contributed by atoms with Crippen molar-refractivity contribution in [3.63, 3.8) is 0 Å². The number of anilines is 1. The fraction of sp³-hybridized carbons (Fsp3) is 0.154. The van der Waals surface area contributed by atoms with Crippen molar-refractivity contribution in [3.05, 3.63) is 104 Å². The maximum atomic E-state index is 13.7. The van der Waals surface area contributed by atoms with E-state index in [4.69, 9.17) is 20.8 Å². The lowest BCUT2D eigenvalue weighted by atomic mass is 9.97. The Balaban J connectivity index is 1.79. The second-order valence-corrected chi connectivity index (χ2v) is 8.37. The third kappa shape index (κ3) is 3.09. The van der Waals surface area contributed by atoms with Crippen LogP contribution in [-0.2, 0) is 0 Å². The van der Waals surface area contributed by atoms with Crippen LogP contribution in [0, 0.1) is 13.8 Å². The quantitative estimate of drug-likeness (QED) is 0.398. The van der Waals surface area contributed by atoms with Gasteiger partial charge in [0.25, 0.3) is 5.91 Å². The molecule has 160 valence electrons. The molecule has 1 unspecified atom stereocenters. The van der Waals surface area contributed by atoms with Crippen LogP contribution < -0.4 is 15.1 Å². The Kier molecular flexibility index (Phi) is 4.79. The van der Waals surface area contributed by atoms with E-state index in [1.165, 1.54) is 0 Å². The van der Waals surface area contributed by atoms with E-state index in [2.05, 4.69) is 0 Å². The van der Waals surface area contributed by atoms with Crippen molar-refractivity contribution in [2.24, 2.45) is 0 Å². The summed E-state index contributed by atoms with van der Waals surface area (Å²) in [6.45, 7) is 3.90. The van der Waals surface area contributed by atoms with Gasteiger partial charge in [-0.15, -0.1) is 0 Å². The van der Waals surface area contributed by atoms with Gasteiger partial charge in [-0.25, -0.2) is 0 Å². The highest BCUT2D eigenvalue weighted by molar-refractivity contribution is 6.30. The van der Waals surface area contributed by atoms with Crippen molar-refractivity contribution >= 4 is 34.2 Å². The zero-order valence-electron chi connectivity index (χ0n) is 17.8. The molecule has 5 nitrogen and oxygen atoms in total. The van der Waals surface area contributed by atoms with Gasteiger partial charge in [0, 0.05) is 10.7 Å². The Labute approximate surface area is 189 Å². The molecule has 0 radical (unpaired) electrons. The topological polar surface area (TPSA) is 59.8 Å². The minimum Gasteiger partial charge on any atom is -0.497 e. The van der Waals surface area contributed by atoms with Gasteiger partial charge in [-0.1, -0.05) is 23.7 Å². The molecule has 1 amide bonds. The van der Waals surface area contributed by atoms with E-state index in [1.807, 2.05) is 38.1 Å². The van der Waals surface area contributed by atoms with E-state index in [0.717, 1.165) is 16.7 Å². The number of halogens is 1. The molecular weight excluding hydrogens is 426 g/mol. The molecule has 1 atom stereocenters. The number of hydrogen-bond acceptors (Lipinski definition) is 4. The Morgan fingerprint density at radius 1 is 0.938 bits per heavy atom. The molecular formula is C26H20ClNO4. The van der Waals surface area contributed by atoms with Gasteiger partial charge >= 0.3 is 0 Å². The number of aryl methyl sites for hydroxylation is 2. The lowest BCUT2D eigenvalue weighted by molar-refractivity contribution is 0.0971. The molecule has 1 aliphatic rings. The van der Waals surface area contributed by atoms with Crippen molar-refractivity contribution in [1.82, 2.24) is 0 Å². The fourth-order valence-electron chi connectivity index (χ4n) is 4.20. The zero-order chi connectivity index (χ0) is 22.6. The van der Waals surface area contributed by atoms with Crippen LogP contribution in [0.3, 0.4) is 0 Å². The molecule has 0 saturated heterocycles. The highest BCUT2D eigenvalue weighted by atomic mass is 35.5. The Bertz CT molecular complexity index is 1420. The van der Waals surface area contributed by atoms with Crippen LogP contribution in [0.15, 0.2) is 69.9 Å². The first-order valence-electron chi connectivity index (χ1n) is 10.2. The molecule has 0 fully saturated rings. The molecule has 4 aromatic rings. The number of fused-ring (bicyclic) bond motifs is 2. The van der Waals surface area contributed by atoms with Gasteiger partial charge in [0.05, 0.1) is 24.1 Å². The van der Waals surface area contributed by atoms with E-state index < -0.39 is 6.04 Å².